The molecule has 2 aliphatic rings. The van der Waals surface area contributed by atoms with Crippen LogP contribution in [-0.2, 0) is 10.2 Å². The number of nitrogens with zero attached hydrogens (tertiary/aromatic N) is 1. The molecule has 5 nitrogen and oxygen atoms in total. The lowest BCUT2D eigenvalue weighted by atomic mass is 9.67. The highest BCUT2D eigenvalue weighted by Gasteiger charge is 2.39. The van der Waals surface area contributed by atoms with E-state index in [1.165, 1.54) is 0 Å². The first-order valence-electron chi connectivity index (χ1n) is 8.74. The number of carboxylic acid groups (broad SMARTS) is 1. The van der Waals surface area contributed by atoms with Gasteiger partial charge in [-0.15, -0.1) is 0 Å². The number of carbonyl (C=O) groups is 1. The number of methoxy groups -OCH3 is 1. The SMILES string of the molecule is COc1ccc(C2(C#N)CCC(C(=O)O)CC2)cc1OC1C=CCC1. The van der Waals surface area contributed by atoms with E-state index in [-0.39, 0.29) is 12.0 Å². The average molecular weight is 341 g/mol. The summed E-state index contributed by atoms with van der Waals surface area (Å²) in [6.45, 7) is 0. The molecule has 1 unspecified atom stereocenters. The highest BCUT2D eigenvalue weighted by Crippen LogP contribution is 2.44. The zero-order valence-electron chi connectivity index (χ0n) is 14.4. The maximum absolute atomic E-state index is 11.2. The number of aliphatic carboxylic acids is 1. The van der Waals surface area contributed by atoms with E-state index in [9.17, 15) is 15.2 Å². The van der Waals surface area contributed by atoms with E-state index >= 15 is 0 Å². The lowest BCUT2D eigenvalue weighted by molar-refractivity contribution is -0.143. The van der Waals surface area contributed by atoms with Gasteiger partial charge in [0, 0.05) is 0 Å². The van der Waals surface area contributed by atoms with Crippen LogP contribution >= 0.6 is 0 Å². The molecule has 0 aliphatic heterocycles. The van der Waals surface area contributed by atoms with Crippen LogP contribution < -0.4 is 9.47 Å². The smallest absolute Gasteiger partial charge is 0.306 e. The predicted octanol–water partition coefficient (Wildman–Crippen LogP) is 3.83. The van der Waals surface area contributed by atoms with Crippen molar-refractivity contribution in [3.63, 3.8) is 0 Å². The number of rotatable bonds is 5. The van der Waals surface area contributed by atoms with Crippen molar-refractivity contribution in [1.82, 2.24) is 0 Å². The van der Waals surface area contributed by atoms with E-state index in [0.717, 1.165) is 18.4 Å². The van der Waals surface area contributed by atoms with Crippen LogP contribution in [0.15, 0.2) is 30.4 Å². The topological polar surface area (TPSA) is 79.5 Å². The second-order valence-corrected chi connectivity index (χ2v) is 6.83. The Balaban J connectivity index is 1.86. The molecule has 1 N–H and O–H groups in total. The normalized spacial score (nSPS) is 28.3. The monoisotopic (exact) mass is 341 g/mol. The molecule has 0 aromatic heterocycles. The third-order valence-electron chi connectivity index (χ3n) is 5.37. The number of benzene rings is 1. The molecule has 1 saturated carbocycles. The number of carboxylic acids is 1. The summed E-state index contributed by atoms with van der Waals surface area (Å²) in [5.41, 5.74) is 0.235. The van der Waals surface area contributed by atoms with Gasteiger partial charge in [-0.3, -0.25) is 4.79 Å². The van der Waals surface area contributed by atoms with Crippen molar-refractivity contribution < 1.29 is 19.4 Å². The summed E-state index contributed by atoms with van der Waals surface area (Å²) in [6.07, 6.45) is 8.28. The number of nitriles is 1. The van der Waals surface area contributed by atoms with Gasteiger partial charge in [0.1, 0.15) is 6.10 Å². The fraction of sp³-hybridized carbons (Fsp3) is 0.500. The minimum Gasteiger partial charge on any atom is -0.493 e. The predicted molar refractivity (Wildman–Crippen MR) is 92.7 cm³/mol. The van der Waals surface area contributed by atoms with E-state index in [0.29, 0.717) is 37.2 Å². The van der Waals surface area contributed by atoms with Crippen molar-refractivity contribution in [2.75, 3.05) is 7.11 Å². The van der Waals surface area contributed by atoms with Crippen molar-refractivity contribution in [3.05, 3.63) is 35.9 Å². The minimum atomic E-state index is -0.765. The number of ether oxygens (including phenoxy) is 2. The molecule has 1 aromatic rings. The van der Waals surface area contributed by atoms with Gasteiger partial charge in [0.2, 0.25) is 0 Å². The summed E-state index contributed by atoms with van der Waals surface area (Å²) in [7, 11) is 1.60. The first-order valence-corrected chi connectivity index (χ1v) is 8.74. The highest BCUT2D eigenvalue weighted by molar-refractivity contribution is 5.70. The molecule has 0 bridgehead atoms. The molecule has 0 radical (unpaired) electrons. The molecule has 0 saturated heterocycles. The molecular weight excluding hydrogens is 318 g/mol. The summed E-state index contributed by atoms with van der Waals surface area (Å²) in [5.74, 6) is 0.181. The molecule has 0 spiro atoms. The van der Waals surface area contributed by atoms with E-state index in [4.69, 9.17) is 9.47 Å². The molecule has 5 heteroatoms. The van der Waals surface area contributed by atoms with Crippen LogP contribution in [0.3, 0.4) is 0 Å². The van der Waals surface area contributed by atoms with E-state index < -0.39 is 11.4 Å². The van der Waals surface area contributed by atoms with Gasteiger partial charge in [-0.2, -0.15) is 5.26 Å². The van der Waals surface area contributed by atoms with Crippen molar-refractivity contribution in [1.29, 1.82) is 5.26 Å². The molecule has 25 heavy (non-hydrogen) atoms. The van der Waals surface area contributed by atoms with Gasteiger partial charge >= 0.3 is 5.97 Å². The summed E-state index contributed by atoms with van der Waals surface area (Å²) in [4.78, 5) is 11.2. The maximum atomic E-state index is 11.2. The van der Waals surface area contributed by atoms with Gasteiger partial charge in [-0.1, -0.05) is 12.1 Å². The Bertz CT molecular complexity index is 711. The van der Waals surface area contributed by atoms with E-state index in [1.807, 2.05) is 24.3 Å². The van der Waals surface area contributed by atoms with Crippen LogP contribution in [0.4, 0.5) is 0 Å². The first-order chi connectivity index (χ1) is 12.1. The Labute approximate surface area is 147 Å². The third kappa shape index (κ3) is 3.48. The molecule has 1 aromatic carbocycles. The molecule has 2 aliphatic carbocycles. The zero-order valence-corrected chi connectivity index (χ0v) is 14.4. The second-order valence-electron chi connectivity index (χ2n) is 6.83. The van der Waals surface area contributed by atoms with Gasteiger partial charge in [-0.25, -0.2) is 0 Å². The van der Waals surface area contributed by atoms with Crippen LogP contribution in [0.1, 0.15) is 44.1 Å². The van der Waals surface area contributed by atoms with Crippen LogP contribution in [0, 0.1) is 17.2 Å². The van der Waals surface area contributed by atoms with Gasteiger partial charge in [0.25, 0.3) is 0 Å². The molecule has 1 atom stereocenters. The molecule has 1 fully saturated rings. The summed E-state index contributed by atoms with van der Waals surface area (Å²) < 4.78 is 11.5. The van der Waals surface area contributed by atoms with E-state index in [2.05, 4.69) is 12.1 Å². The Morgan fingerprint density at radius 2 is 2.04 bits per heavy atom. The van der Waals surface area contributed by atoms with Crippen LogP contribution in [0.2, 0.25) is 0 Å². The van der Waals surface area contributed by atoms with Crippen LogP contribution in [0.25, 0.3) is 0 Å². The standard InChI is InChI=1S/C20H23NO4/c1-24-17-7-6-15(12-18(17)25-16-4-2-3-5-16)20(13-21)10-8-14(9-11-20)19(22)23/h2,4,6-7,12,14,16H,3,5,8-11H2,1H3,(H,22,23). The van der Waals surface area contributed by atoms with Gasteiger partial charge in [0.15, 0.2) is 11.5 Å². The van der Waals surface area contributed by atoms with E-state index in [1.54, 1.807) is 7.11 Å². The zero-order chi connectivity index (χ0) is 17.9. The van der Waals surface area contributed by atoms with Crippen molar-refractivity contribution >= 4 is 5.97 Å². The second kappa shape index (κ2) is 7.18. The van der Waals surface area contributed by atoms with Crippen molar-refractivity contribution in [2.24, 2.45) is 5.92 Å². The summed E-state index contributed by atoms with van der Waals surface area (Å²) in [5, 5.41) is 19.0. The minimum absolute atomic E-state index is 0.0323. The molecular formula is C20H23NO4. The van der Waals surface area contributed by atoms with Crippen molar-refractivity contribution in [2.45, 2.75) is 50.0 Å². The summed E-state index contributed by atoms with van der Waals surface area (Å²) in [6, 6.07) is 8.09. The number of hydrogen-bond acceptors (Lipinski definition) is 4. The Hall–Kier alpha value is -2.48. The molecule has 132 valence electrons. The number of hydrogen-bond donors (Lipinski definition) is 1. The van der Waals surface area contributed by atoms with Crippen molar-refractivity contribution in [3.8, 4) is 17.6 Å². The third-order valence-corrected chi connectivity index (χ3v) is 5.37. The molecule has 0 amide bonds. The van der Waals surface area contributed by atoms with Gasteiger partial charge in [-0.05, 0) is 62.3 Å². The lowest BCUT2D eigenvalue weighted by Crippen LogP contribution is -2.33. The Morgan fingerprint density at radius 1 is 1.28 bits per heavy atom. The maximum Gasteiger partial charge on any atom is 0.306 e. The van der Waals surface area contributed by atoms with Crippen LogP contribution in [-0.4, -0.2) is 24.3 Å². The average Bonchev–Trinajstić information content (AvgIpc) is 3.14. The Kier molecular flexibility index (Phi) is 4.98. The molecule has 3 rings (SSSR count). The fourth-order valence-corrected chi connectivity index (χ4v) is 3.76. The quantitative estimate of drug-likeness (QED) is 0.823. The fourth-order valence-electron chi connectivity index (χ4n) is 3.76. The highest BCUT2D eigenvalue weighted by atomic mass is 16.5. The number of allylic oxidation sites excluding steroid dienone is 1. The van der Waals surface area contributed by atoms with Gasteiger partial charge < -0.3 is 14.6 Å². The largest absolute Gasteiger partial charge is 0.493 e. The lowest BCUT2D eigenvalue weighted by Gasteiger charge is -2.34. The molecule has 0 heterocycles. The van der Waals surface area contributed by atoms with Gasteiger partial charge in [0.05, 0.1) is 24.5 Å². The first kappa shape index (κ1) is 17.3. The Morgan fingerprint density at radius 3 is 2.60 bits per heavy atom. The van der Waals surface area contributed by atoms with Crippen LogP contribution in [0.5, 0.6) is 11.5 Å². The summed E-state index contributed by atoms with van der Waals surface area (Å²) >= 11 is 0.